The van der Waals surface area contributed by atoms with E-state index in [4.69, 9.17) is 0 Å². The van der Waals surface area contributed by atoms with Crippen LogP contribution in [-0.4, -0.2) is 28.8 Å². The summed E-state index contributed by atoms with van der Waals surface area (Å²) in [5.74, 6) is -0.0473. The lowest BCUT2D eigenvalue weighted by atomic mass is 10.1. The highest BCUT2D eigenvalue weighted by Crippen LogP contribution is 2.14. The fourth-order valence-corrected chi connectivity index (χ4v) is 2.57. The van der Waals surface area contributed by atoms with E-state index in [-0.39, 0.29) is 17.9 Å². The maximum Gasteiger partial charge on any atom is 0.243 e. The van der Waals surface area contributed by atoms with Crippen molar-refractivity contribution in [3.63, 3.8) is 0 Å². The molecule has 1 N–H and O–H groups in total. The smallest absolute Gasteiger partial charge is 0.243 e. The number of nitrogens with zero attached hydrogens (tertiary/aromatic N) is 1. The molecule has 0 heterocycles. The zero-order valence-electron chi connectivity index (χ0n) is 15.1. The summed E-state index contributed by atoms with van der Waals surface area (Å²) in [4.78, 5) is 26.7. The van der Waals surface area contributed by atoms with Gasteiger partial charge in [0.05, 0.1) is 0 Å². The summed E-state index contributed by atoms with van der Waals surface area (Å²) >= 11 is 0. The third kappa shape index (κ3) is 5.70. The van der Waals surface area contributed by atoms with Gasteiger partial charge >= 0.3 is 0 Å². The molecule has 0 unspecified atom stereocenters. The van der Waals surface area contributed by atoms with Crippen LogP contribution < -0.4 is 5.32 Å². The molecule has 0 aliphatic heterocycles. The normalized spacial score (nSPS) is 13.3. The monoisotopic (exact) mass is 318 g/mol. The molecule has 4 heteroatoms. The van der Waals surface area contributed by atoms with Crippen molar-refractivity contribution in [1.29, 1.82) is 0 Å². The first-order chi connectivity index (χ1) is 10.9. The van der Waals surface area contributed by atoms with Crippen molar-refractivity contribution >= 4 is 11.8 Å². The van der Waals surface area contributed by atoms with E-state index in [0.717, 1.165) is 17.5 Å². The van der Waals surface area contributed by atoms with Crippen molar-refractivity contribution in [3.8, 4) is 0 Å². The fourth-order valence-electron chi connectivity index (χ4n) is 2.57. The molecule has 2 atom stereocenters. The molecule has 0 radical (unpaired) electrons. The highest BCUT2D eigenvalue weighted by atomic mass is 16.2. The molecule has 4 nitrogen and oxygen atoms in total. The van der Waals surface area contributed by atoms with Crippen molar-refractivity contribution in [2.75, 3.05) is 0 Å². The standard InChI is InChI=1S/C19H30N2O2/c1-6-15(5)20-19(23)17(7-2)21(18(22)8-3)13-16-11-9-10-14(4)12-16/h9-12,15,17H,6-8,13H2,1-5H3,(H,20,23)/t15-,17-/m1/s1. The van der Waals surface area contributed by atoms with E-state index in [0.29, 0.717) is 19.4 Å². The number of carbonyl (C=O) groups is 2. The van der Waals surface area contributed by atoms with Gasteiger partial charge in [0.25, 0.3) is 0 Å². The first-order valence-corrected chi connectivity index (χ1v) is 8.58. The number of aryl methyl sites for hydroxylation is 1. The summed E-state index contributed by atoms with van der Waals surface area (Å²) in [6, 6.07) is 7.78. The van der Waals surface area contributed by atoms with Crippen molar-refractivity contribution in [1.82, 2.24) is 10.2 Å². The zero-order valence-corrected chi connectivity index (χ0v) is 15.1. The molecule has 0 saturated carbocycles. The van der Waals surface area contributed by atoms with Gasteiger partial charge in [0.15, 0.2) is 0 Å². The fraction of sp³-hybridized carbons (Fsp3) is 0.579. The zero-order chi connectivity index (χ0) is 17.4. The minimum Gasteiger partial charge on any atom is -0.352 e. The molecule has 0 spiro atoms. The molecule has 2 amide bonds. The molecule has 0 aliphatic carbocycles. The Kier molecular flexibility index (Phi) is 7.79. The molecule has 0 aliphatic rings. The second-order valence-electron chi connectivity index (χ2n) is 6.11. The molecule has 0 saturated heterocycles. The van der Waals surface area contributed by atoms with Crippen LogP contribution in [0.25, 0.3) is 0 Å². The molecular formula is C19H30N2O2. The highest BCUT2D eigenvalue weighted by molar-refractivity contribution is 5.87. The molecule has 1 aromatic carbocycles. The molecule has 0 fully saturated rings. The summed E-state index contributed by atoms with van der Waals surface area (Å²) < 4.78 is 0. The van der Waals surface area contributed by atoms with Gasteiger partial charge in [-0.15, -0.1) is 0 Å². The van der Waals surface area contributed by atoms with Gasteiger partial charge in [-0.2, -0.15) is 0 Å². The van der Waals surface area contributed by atoms with Crippen molar-refractivity contribution < 1.29 is 9.59 Å². The van der Waals surface area contributed by atoms with Crippen LogP contribution >= 0.6 is 0 Å². The Morgan fingerprint density at radius 3 is 2.39 bits per heavy atom. The summed E-state index contributed by atoms with van der Waals surface area (Å²) in [6.45, 7) is 10.3. The summed E-state index contributed by atoms with van der Waals surface area (Å²) in [5.41, 5.74) is 2.21. The van der Waals surface area contributed by atoms with Gasteiger partial charge < -0.3 is 10.2 Å². The molecular weight excluding hydrogens is 288 g/mol. The minimum absolute atomic E-state index is 0.0117. The SMILES string of the molecule is CCC(=O)N(Cc1cccc(C)c1)[C@H](CC)C(=O)N[C@H](C)CC. The Balaban J connectivity index is 2.98. The first kappa shape index (κ1) is 19.2. The number of amides is 2. The minimum atomic E-state index is -0.419. The summed E-state index contributed by atoms with van der Waals surface area (Å²) in [5, 5.41) is 3.00. The maximum atomic E-state index is 12.6. The molecule has 1 rings (SSSR count). The van der Waals surface area contributed by atoms with Crippen LogP contribution in [0, 0.1) is 6.92 Å². The van der Waals surface area contributed by atoms with Crippen LogP contribution in [0.4, 0.5) is 0 Å². The average molecular weight is 318 g/mol. The quantitative estimate of drug-likeness (QED) is 0.798. The Hall–Kier alpha value is -1.84. The van der Waals surface area contributed by atoms with Crippen LogP contribution in [-0.2, 0) is 16.1 Å². The number of hydrogen-bond acceptors (Lipinski definition) is 2. The van der Waals surface area contributed by atoms with Gasteiger partial charge in [-0.25, -0.2) is 0 Å². The Bertz CT molecular complexity index is 528. The number of rotatable bonds is 8. The Morgan fingerprint density at radius 1 is 1.17 bits per heavy atom. The van der Waals surface area contributed by atoms with Gasteiger partial charge in [0.1, 0.15) is 6.04 Å². The van der Waals surface area contributed by atoms with Crippen molar-refractivity contribution in [3.05, 3.63) is 35.4 Å². The van der Waals surface area contributed by atoms with Crippen LogP contribution in [0.5, 0.6) is 0 Å². The predicted molar refractivity (Wildman–Crippen MR) is 94.0 cm³/mol. The summed E-state index contributed by atoms with van der Waals surface area (Å²) in [7, 11) is 0. The third-order valence-electron chi connectivity index (χ3n) is 4.12. The van der Waals surface area contributed by atoms with E-state index in [2.05, 4.69) is 11.4 Å². The van der Waals surface area contributed by atoms with Crippen molar-refractivity contribution in [2.45, 2.75) is 72.5 Å². The van der Waals surface area contributed by atoms with Gasteiger partial charge in [-0.1, -0.05) is 50.6 Å². The average Bonchev–Trinajstić information content (AvgIpc) is 2.53. The van der Waals surface area contributed by atoms with E-state index >= 15 is 0 Å². The lowest BCUT2D eigenvalue weighted by molar-refractivity contribution is -0.141. The lowest BCUT2D eigenvalue weighted by Gasteiger charge is -2.31. The van der Waals surface area contributed by atoms with Crippen molar-refractivity contribution in [2.24, 2.45) is 0 Å². The van der Waals surface area contributed by atoms with Crippen LogP contribution in [0.15, 0.2) is 24.3 Å². The van der Waals surface area contributed by atoms with E-state index < -0.39 is 6.04 Å². The molecule has 0 bridgehead atoms. The van der Waals surface area contributed by atoms with Crippen LogP contribution in [0.2, 0.25) is 0 Å². The van der Waals surface area contributed by atoms with Gasteiger partial charge in [-0.05, 0) is 32.3 Å². The number of hydrogen-bond donors (Lipinski definition) is 1. The topological polar surface area (TPSA) is 49.4 Å². The predicted octanol–water partition coefficient (Wildman–Crippen LogP) is 3.43. The third-order valence-corrected chi connectivity index (χ3v) is 4.12. The highest BCUT2D eigenvalue weighted by Gasteiger charge is 2.28. The lowest BCUT2D eigenvalue weighted by Crippen LogP contribution is -2.50. The van der Waals surface area contributed by atoms with Crippen LogP contribution in [0.1, 0.15) is 58.1 Å². The largest absolute Gasteiger partial charge is 0.352 e. The molecule has 128 valence electrons. The first-order valence-electron chi connectivity index (χ1n) is 8.58. The van der Waals surface area contributed by atoms with E-state index in [1.807, 2.05) is 52.8 Å². The van der Waals surface area contributed by atoms with Gasteiger partial charge in [0.2, 0.25) is 11.8 Å². The second-order valence-corrected chi connectivity index (χ2v) is 6.11. The molecule has 1 aromatic rings. The van der Waals surface area contributed by atoms with Crippen LogP contribution in [0.3, 0.4) is 0 Å². The Morgan fingerprint density at radius 2 is 1.87 bits per heavy atom. The summed E-state index contributed by atoms with van der Waals surface area (Å²) in [6.07, 6.45) is 1.89. The van der Waals surface area contributed by atoms with Gasteiger partial charge in [0, 0.05) is 19.0 Å². The molecule has 0 aromatic heterocycles. The van der Waals surface area contributed by atoms with E-state index in [9.17, 15) is 9.59 Å². The second kappa shape index (κ2) is 9.33. The van der Waals surface area contributed by atoms with Gasteiger partial charge in [-0.3, -0.25) is 9.59 Å². The molecule has 23 heavy (non-hydrogen) atoms. The number of nitrogens with one attached hydrogen (secondary N) is 1. The number of benzene rings is 1. The van der Waals surface area contributed by atoms with E-state index in [1.165, 1.54) is 0 Å². The maximum absolute atomic E-state index is 12.6. The van der Waals surface area contributed by atoms with E-state index in [1.54, 1.807) is 4.90 Å². The number of carbonyl (C=O) groups excluding carboxylic acids is 2. The Labute approximate surface area is 140 Å².